The molecule has 4 aromatic carbocycles. The molecule has 2 aliphatic heterocycles. The second kappa shape index (κ2) is 29.4. The standard InChI is InChI=1S/C22H17N5O4.C15H9BrN4O2.C12H11P.C7H9NO2.CH4.2ClH.Pd/c1-26-9-7-22(30,21(26)29)6-5-14-10-15(13-23)12-16(11-14)27-19-17(4-3-8-24-19)18(25-27)20(28)31-2;1-22-15(21)13-12-3-2-4-18-14(12)20(19-13)11-6-9(8-17)5-10(16)7-11;1-3-7-11(8-4-1)13-12-9-5-2-6-10-12;1-3-7(10)4-5-8(2)6(7)9;;;;/h3-4,8,10-12,30H,7,9H2,1-2H3;2-7H,1H3;1-10,13H;1,10H,4-5H2,2H3;1H4;2*1H;/q;;;;;;;+2/p-2/t22-;;;7-;;;;/m0..0..../s1. The molecule has 0 spiro atoms. The van der Waals surface area contributed by atoms with Crippen LogP contribution >= 0.6 is 43.6 Å². The molecule has 0 bridgehead atoms. The molecule has 0 radical (unpaired) electrons. The number of terminal acetylenes is 1. The third-order valence-electron chi connectivity index (χ3n) is 11.7. The molecule has 4 aromatic heterocycles. The maximum absolute atomic E-state index is 12.2. The van der Waals surface area contributed by atoms with E-state index in [9.17, 15) is 34.7 Å². The number of rotatable bonds is 6. The number of halogens is 3. The Labute approximate surface area is 488 Å². The van der Waals surface area contributed by atoms with Crippen molar-refractivity contribution >= 4 is 100.0 Å². The predicted octanol–water partition coefficient (Wildman–Crippen LogP) is 7.41. The van der Waals surface area contributed by atoms with Gasteiger partial charge in [0.2, 0.25) is 11.2 Å². The van der Waals surface area contributed by atoms with Gasteiger partial charge in [-0.05, 0) is 71.3 Å². The number of esters is 2. The van der Waals surface area contributed by atoms with E-state index in [1.807, 2.05) is 0 Å². The van der Waals surface area contributed by atoms with Crippen LogP contribution in [0.3, 0.4) is 0 Å². The van der Waals surface area contributed by atoms with Crippen molar-refractivity contribution in [2.75, 3.05) is 41.4 Å². The molecule has 8 aromatic rings. The summed E-state index contributed by atoms with van der Waals surface area (Å²) in [6, 6.07) is 42.1. The fraction of sp³-hybridized carbons (Fsp3) is 0.193. The van der Waals surface area contributed by atoms with E-state index in [1.54, 1.807) is 87.2 Å². The van der Waals surface area contributed by atoms with Gasteiger partial charge in [-0.1, -0.05) is 110 Å². The topological polar surface area (TPSA) is 243 Å². The van der Waals surface area contributed by atoms with Gasteiger partial charge >= 0.3 is 46.9 Å². The molecule has 23 heteroatoms. The first kappa shape index (κ1) is 63.0. The number of fused-ring (bicyclic) bond motifs is 2. The normalized spacial score (nSPS) is 15.7. The summed E-state index contributed by atoms with van der Waals surface area (Å²) in [6.45, 7) is 0.953. The Kier molecular flexibility index (Phi) is 23.2. The first-order valence-corrected chi connectivity index (χ1v) is 29.0. The second-order valence-corrected chi connectivity index (χ2v) is 21.6. The van der Waals surface area contributed by atoms with Gasteiger partial charge in [-0.2, -0.15) is 20.7 Å². The number of amides is 2. The molecule has 2 fully saturated rings. The van der Waals surface area contributed by atoms with Crippen LogP contribution in [0.5, 0.6) is 0 Å². The fourth-order valence-corrected chi connectivity index (χ4v) is 9.27. The van der Waals surface area contributed by atoms with E-state index in [0.717, 1.165) is 13.1 Å². The SMILES string of the molecule is C.C#C[C@]1(O)CCN(C)C1=O.COC(=O)c1nn(-c2cc(Br)cc(C#N)c2)c2ncccc12.COC(=O)c1nn(-c2cc(C#N)cc(C#C[C@]3(O)CCN(C)C3=O)c2)c2ncccc12.[Cl][Pd][Cl].c1ccc(Pc2ccccc2)cc1. The zero-order chi connectivity index (χ0) is 57.3. The van der Waals surface area contributed by atoms with E-state index in [1.165, 1.54) is 44.0 Å². The maximum Gasteiger partial charge on any atom is -0.0226 e. The van der Waals surface area contributed by atoms with Gasteiger partial charge in [-0.15, -0.1) is 6.42 Å². The van der Waals surface area contributed by atoms with E-state index in [-0.39, 0.29) is 47.1 Å². The minimum absolute atomic E-state index is 0. The number of aliphatic hydroxyl groups is 2. The Hall–Kier alpha value is -7.83. The molecular weight excluding hydrogens is 1240 g/mol. The molecule has 2 amide bonds. The molecule has 2 aliphatic rings. The second-order valence-electron chi connectivity index (χ2n) is 16.9. The van der Waals surface area contributed by atoms with Crippen LogP contribution in [0.2, 0.25) is 0 Å². The predicted molar refractivity (Wildman–Crippen MR) is 307 cm³/mol. The number of hydrogen-bond donors (Lipinski definition) is 2. The largest absolute Gasteiger partial charge is 0.0622 e. The van der Waals surface area contributed by atoms with Crippen LogP contribution in [0, 0.1) is 46.8 Å². The average molecular weight is 1290 g/mol. The molecule has 2 N–H and O–H groups in total. The summed E-state index contributed by atoms with van der Waals surface area (Å²) >= 11 is 3.25. The van der Waals surface area contributed by atoms with Gasteiger partial charge in [0.25, 0.3) is 11.8 Å². The monoisotopic (exact) mass is 1290 g/mol. The summed E-state index contributed by atoms with van der Waals surface area (Å²) in [4.78, 5) is 58.6. The van der Waals surface area contributed by atoms with E-state index in [2.05, 4.69) is 127 Å². The van der Waals surface area contributed by atoms with E-state index >= 15 is 0 Å². The number of methoxy groups -OCH3 is 2. The third kappa shape index (κ3) is 15.5. The Balaban J connectivity index is 0.000000208. The number of ether oxygens (including phenoxy) is 2. The molecule has 80 heavy (non-hydrogen) atoms. The summed E-state index contributed by atoms with van der Waals surface area (Å²) in [5.41, 5.74) is 0.181. The van der Waals surface area contributed by atoms with E-state index in [4.69, 9.17) is 40.2 Å². The van der Waals surface area contributed by atoms with Crippen LogP contribution in [0.1, 0.15) is 57.9 Å². The number of benzene rings is 4. The number of aromatic nitrogens is 6. The van der Waals surface area contributed by atoms with Crippen molar-refractivity contribution in [1.82, 2.24) is 39.3 Å². The molecule has 6 heterocycles. The van der Waals surface area contributed by atoms with Gasteiger partial charge in [-0.3, -0.25) is 9.59 Å². The molecule has 412 valence electrons. The summed E-state index contributed by atoms with van der Waals surface area (Å²) in [6.07, 6.45) is 8.70. The Morgan fingerprint density at radius 2 is 1.11 bits per heavy atom. The number of hydrogen-bond acceptors (Lipinski definition) is 14. The smallest absolute Gasteiger partial charge is 0.0226 e. The average Bonchev–Trinajstić information content (AvgIpc) is 4.24. The van der Waals surface area contributed by atoms with Crippen LogP contribution in [-0.4, -0.2) is 126 Å². The molecule has 0 saturated carbocycles. The number of carbonyl (C=O) groups is 4. The number of likely N-dealkylation sites (tertiary alicyclic amines) is 2. The summed E-state index contributed by atoms with van der Waals surface area (Å²) < 4.78 is 13.2. The van der Waals surface area contributed by atoms with Gasteiger partial charge < -0.3 is 29.5 Å². The Bertz CT molecular complexity index is 3690. The zero-order valence-electron chi connectivity index (χ0n) is 42.4. The molecular formula is C57H50BrCl2N10O8PPd. The third-order valence-corrected chi connectivity index (χ3v) is 13.4. The van der Waals surface area contributed by atoms with Gasteiger partial charge in [0.15, 0.2) is 22.7 Å². The van der Waals surface area contributed by atoms with Crippen LogP contribution < -0.4 is 10.6 Å². The Morgan fingerprint density at radius 1 is 0.688 bits per heavy atom. The molecule has 2 atom stereocenters. The van der Waals surface area contributed by atoms with Crippen molar-refractivity contribution in [1.29, 1.82) is 10.5 Å². The quantitative estimate of drug-likeness (QED) is 0.0713. The molecule has 10 rings (SSSR count). The number of pyridine rings is 2. The number of carbonyl (C=O) groups excluding carboxylic acids is 4. The maximum atomic E-state index is 12.2. The van der Waals surface area contributed by atoms with Gasteiger partial charge in [0, 0.05) is 62.5 Å². The van der Waals surface area contributed by atoms with Gasteiger partial charge in [-0.25, -0.2) is 28.9 Å². The van der Waals surface area contributed by atoms with Crippen molar-refractivity contribution in [2.24, 2.45) is 0 Å². The van der Waals surface area contributed by atoms with Crippen molar-refractivity contribution in [3.8, 4) is 47.7 Å². The number of likely N-dealkylation sites (N-methyl/N-ethyl adjacent to an activating group) is 2. The zero-order valence-corrected chi connectivity index (χ0v) is 48.0. The first-order chi connectivity index (χ1) is 38.0. The van der Waals surface area contributed by atoms with Crippen LogP contribution in [0.4, 0.5) is 0 Å². The number of nitrogens with zero attached hydrogens (tertiary/aromatic N) is 10. The molecule has 0 aliphatic carbocycles. The van der Waals surface area contributed by atoms with Gasteiger partial charge in [0.1, 0.15) is 0 Å². The molecule has 2 saturated heterocycles. The Morgan fingerprint density at radius 3 is 1.51 bits per heavy atom. The van der Waals surface area contributed by atoms with Crippen molar-refractivity contribution in [2.45, 2.75) is 31.5 Å². The van der Waals surface area contributed by atoms with Gasteiger partial charge in [0.05, 0.1) is 59.6 Å². The summed E-state index contributed by atoms with van der Waals surface area (Å²) in [7, 11) is 16.2. The number of nitriles is 2. The first-order valence-electron chi connectivity index (χ1n) is 23.2. The summed E-state index contributed by atoms with van der Waals surface area (Å²) in [5.74, 6) is 5.56. The summed E-state index contributed by atoms with van der Waals surface area (Å²) in [5, 5.41) is 50.9. The van der Waals surface area contributed by atoms with E-state index in [0.29, 0.717) is 69.6 Å². The minimum Gasteiger partial charge on any atom is -0.0622 e. The van der Waals surface area contributed by atoms with Crippen LogP contribution in [0.25, 0.3) is 33.4 Å². The van der Waals surface area contributed by atoms with Crippen molar-refractivity contribution in [3.05, 3.63) is 166 Å². The molecule has 0 unspecified atom stereocenters. The van der Waals surface area contributed by atoms with Crippen molar-refractivity contribution < 1.29 is 54.8 Å². The van der Waals surface area contributed by atoms with Crippen LogP contribution in [-0.2, 0) is 35.0 Å². The van der Waals surface area contributed by atoms with E-state index < -0.39 is 29.0 Å². The van der Waals surface area contributed by atoms with Crippen LogP contribution in [0.15, 0.2) is 138 Å². The molecule has 18 nitrogen and oxygen atoms in total. The fourth-order valence-electron chi connectivity index (χ4n) is 7.73. The van der Waals surface area contributed by atoms with Crippen molar-refractivity contribution in [3.63, 3.8) is 0 Å². The minimum atomic E-state index is -1.75.